The van der Waals surface area contributed by atoms with Gasteiger partial charge in [-0.2, -0.15) is 0 Å². The number of carbonyl (C=O) groups is 2. The Morgan fingerprint density at radius 2 is 1.60 bits per heavy atom. The zero-order valence-corrected chi connectivity index (χ0v) is 16.4. The highest BCUT2D eigenvalue weighted by Gasteiger charge is 2.22. The second-order valence-corrected chi connectivity index (χ2v) is 7.27. The van der Waals surface area contributed by atoms with Crippen LogP contribution >= 0.6 is 0 Å². The van der Waals surface area contributed by atoms with Crippen LogP contribution in [-0.4, -0.2) is 23.4 Å². The van der Waals surface area contributed by atoms with E-state index in [2.05, 4.69) is 10.6 Å². The van der Waals surface area contributed by atoms with Gasteiger partial charge in [-0.3, -0.25) is 4.79 Å². The lowest BCUT2D eigenvalue weighted by Gasteiger charge is -2.16. The summed E-state index contributed by atoms with van der Waals surface area (Å²) in [6.07, 6.45) is 0.551. The highest BCUT2D eigenvalue weighted by Crippen LogP contribution is 2.23. The van der Waals surface area contributed by atoms with Gasteiger partial charge < -0.3 is 15.5 Å². The molecule has 5 nitrogen and oxygen atoms in total. The van der Waals surface area contributed by atoms with Gasteiger partial charge in [-0.25, -0.2) is 9.18 Å². The molecule has 0 saturated heterocycles. The molecule has 0 bridgehead atoms. The van der Waals surface area contributed by atoms with Gasteiger partial charge in [0.05, 0.1) is 0 Å². The minimum absolute atomic E-state index is 0.168. The fraction of sp³-hybridized carbons (Fsp3) is 0.167. The summed E-state index contributed by atoms with van der Waals surface area (Å²) in [6.45, 7) is 1.60. The van der Waals surface area contributed by atoms with Crippen LogP contribution in [0.15, 0.2) is 72.8 Å². The Kier molecular flexibility index (Phi) is 5.75. The summed E-state index contributed by atoms with van der Waals surface area (Å²) in [5.74, 6) is -0.492. The van der Waals surface area contributed by atoms with Crippen molar-refractivity contribution >= 4 is 17.6 Å². The molecule has 152 valence electrons. The van der Waals surface area contributed by atoms with Crippen molar-refractivity contribution in [3.05, 3.63) is 101 Å². The van der Waals surface area contributed by atoms with Crippen molar-refractivity contribution < 1.29 is 14.0 Å². The van der Waals surface area contributed by atoms with Gasteiger partial charge in [-0.05, 0) is 59.5 Å². The van der Waals surface area contributed by atoms with E-state index in [1.165, 1.54) is 12.1 Å². The molecule has 4 rings (SSSR count). The summed E-state index contributed by atoms with van der Waals surface area (Å²) in [4.78, 5) is 26.5. The third-order valence-corrected chi connectivity index (χ3v) is 5.11. The van der Waals surface area contributed by atoms with Crippen molar-refractivity contribution in [2.75, 3.05) is 11.9 Å². The van der Waals surface area contributed by atoms with Crippen molar-refractivity contribution in [2.24, 2.45) is 0 Å². The molecule has 3 amide bonds. The molecule has 1 aliphatic heterocycles. The molecule has 30 heavy (non-hydrogen) atoms. The number of rotatable bonds is 5. The van der Waals surface area contributed by atoms with Crippen molar-refractivity contribution in [1.29, 1.82) is 0 Å². The summed E-state index contributed by atoms with van der Waals surface area (Å²) >= 11 is 0. The van der Waals surface area contributed by atoms with Crippen LogP contribution in [0.1, 0.15) is 27.0 Å². The maximum atomic E-state index is 13.2. The Morgan fingerprint density at radius 1 is 0.900 bits per heavy atom. The number of hydrogen-bond acceptors (Lipinski definition) is 2. The van der Waals surface area contributed by atoms with Crippen molar-refractivity contribution in [1.82, 2.24) is 10.2 Å². The molecular formula is C24H22FN3O2. The quantitative estimate of drug-likeness (QED) is 0.666. The first kappa shape index (κ1) is 19.6. The molecule has 2 N–H and O–H groups in total. The van der Waals surface area contributed by atoms with Crippen molar-refractivity contribution in [3.8, 4) is 0 Å². The highest BCUT2D eigenvalue weighted by molar-refractivity contribution is 5.95. The fourth-order valence-corrected chi connectivity index (χ4v) is 3.50. The van der Waals surface area contributed by atoms with E-state index in [1.54, 1.807) is 35.2 Å². The first-order valence-electron chi connectivity index (χ1n) is 9.84. The minimum atomic E-state index is -0.283. The molecule has 1 heterocycles. The van der Waals surface area contributed by atoms with Gasteiger partial charge >= 0.3 is 6.03 Å². The van der Waals surface area contributed by atoms with Crippen molar-refractivity contribution in [2.45, 2.75) is 19.5 Å². The Labute approximate surface area is 174 Å². The molecule has 0 unspecified atom stereocenters. The van der Waals surface area contributed by atoms with Crippen LogP contribution in [0.2, 0.25) is 0 Å². The zero-order valence-electron chi connectivity index (χ0n) is 16.4. The number of halogens is 1. The van der Waals surface area contributed by atoms with Gasteiger partial charge in [-0.15, -0.1) is 0 Å². The molecule has 0 radical (unpaired) electrons. The molecule has 3 aromatic carbocycles. The number of fused-ring (bicyclic) bond motifs is 1. The van der Waals surface area contributed by atoms with Gasteiger partial charge in [0.1, 0.15) is 5.82 Å². The zero-order chi connectivity index (χ0) is 20.9. The molecule has 0 spiro atoms. The maximum Gasteiger partial charge on any atom is 0.322 e. The number of urea groups is 1. The summed E-state index contributed by atoms with van der Waals surface area (Å²) < 4.78 is 13.2. The minimum Gasteiger partial charge on any atom is -0.352 e. The molecule has 1 aliphatic rings. The standard InChI is InChI=1S/C24H22FN3O2/c25-21-7-3-4-17(14-21)12-13-26-23(29)18-8-10-22(11-9-18)27-24(30)28-15-19-5-1-2-6-20(19)16-28/h1-11,14H,12-13,15-16H2,(H,26,29)(H,27,30). The number of nitrogens with one attached hydrogen (secondary N) is 2. The van der Waals surface area contributed by atoms with E-state index in [-0.39, 0.29) is 17.8 Å². The van der Waals surface area contributed by atoms with Gasteiger partial charge in [0.2, 0.25) is 0 Å². The van der Waals surface area contributed by atoms with Gasteiger partial charge in [0.15, 0.2) is 0 Å². The lowest BCUT2D eigenvalue weighted by atomic mass is 10.1. The number of carbonyl (C=O) groups excluding carboxylic acids is 2. The Hall–Kier alpha value is -3.67. The first-order valence-corrected chi connectivity index (χ1v) is 9.84. The van der Waals surface area contributed by atoms with E-state index in [9.17, 15) is 14.0 Å². The summed E-state index contributed by atoms with van der Waals surface area (Å²) in [5.41, 5.74) is 4.29. The van der Waals surface area contributed by atoms with Crippen LogP contribution in [0.4, 0.5) is 14.9 Å². The predicted molar refractivity (Wildman–Crippen MR) is 114 cm³/mol. The molecule has 0 atom stereocenters. The fourth-order valence-electron chi connectivity index (χ4n) is 3.50. The maximum absolute atomic E-state index is 13.2. The van der Waals surface area contributed by atoms with Crippen molar-refractivity contribution in [3.63, 3.8) is 0 Å². The Bertz CT molecular complexity index is 1040. The third kappa shape index (κ3) is 4.66. The summed E-state index contributed by atoms with van der Waals surface area (Å²) in [7, 11) is 0. The van der Waals surface area contributed by atoms with E-state index >= 15 is 0 Å². The first-order chi connectivity index (χ1) is 14.6. The molecule has 0 fully saturated rings. The summed E-state index contributed by atoms with van der Waals surface area (Å²) in [5, 5.41) is 5.70. The molecule has 0 aromatic heterocycles. The monoisotopic (exact) mass is 403 g/mol. The second kappa shape index (κ2) is 8.78. The lowest BCUT2D eigenvalue weighted by molar-refractivity contribution is 0.0954. The van der Waals surface area contributed by atoms with Gasteiger partial charge in [0, 0.05) is 30.9 Å². The normalized spacial score (nSPS) is 12.4. The van der Waals surface area contributed by atoms with E-state index in [4.69, 9.17) is 0 Å². The molecule has 6 heteroatoms. The Balaban J connectivity index is 1.27. The number of hydrogen-bond donors (Lipinski definition) is 2. The van der Waals surface area contributed by atoms with E-state index in [1.807, 2.05) is 30.3 Å². The van der Waals surface area contributed by atoms with Crippen LogP contribution < -0.4 is 10.6 Å². The van der Waals surface area contributed by atoms with E-state index in [0.29, 0.717) is 37.3 Å². The number of amides is 3. The second-order valence-electron chi connectivity index (χ2n) is 7.27. The number of anilines is 1. The van der Waals surface area contributed by atoms with E-state index < -0.39 is 0 Å². The smallest absolute Gasteiger partial charge is 0.322 e. The molecular weight excluding hydrogens is 381 g/mol. The third-order valence-electron chi connectivity index (χ3n) is 5.11. The van der Waals surface area contributed by atoms with Crippen LogP contribution in [0.3, 0.4) is 0 Å². The van der Waals surface area contributed by atoms with Crippen LogP contribution in [0, 0.1) is 5.82 Å². The lowest BCUT2D eigenvalue weighted by Crippen LogP contribution is -2.30. The topological polar surface area (TPSA) is 61.4 Å². The van der Waals surface area contributed by atoms with Crippen LogP contribution in [-0.2, 0) is 19.5 Å². The Morgan fingerprint density at radius 3 is 2.27 bits per heavy atom. The van der Waals surface area contributed by atoms with Crippen LogP contribution in [0.5, 0.6) is 0 Å². The largest absolute Gasteiger partial charge is 0.352 e. The predicted octanol–water partition coefficient (Wildman–Crippen LogP) is 4.35. The van der Waals surface area contributed by atoms with Crippen LogP contribution in [0.25, 0.3) is 0 Å². The average molecular weight is 403 g/mol. The molecule has 3 aromatic rings. The molecule has 0 saturated carbocycles. The average Bonchev–Trinajstić information content (AvgIpc) is 3.19. The van der Waals surface area contributed by atoms with Gasteiger partial charge in [0.25, 0.3) is 5.91 Å². The number of nitrogens with zero attached hydrogens (tertiary/aromatic N) is 1. The van der Waals surface area contributed by atoms with E-state index in [0.717, 1.165) is 16.7 Å². The molecule has 0 aliphatic carbocycles. The number of benzene rings is 3. The highest BCUT2D eigenvalue weighted by atomic mass is 19.1. The SMILES string of the molecule is O=C(NCCc1cccc(F)c1)c1ccc(NC(=O)N2Cc3ccccc3C2)cc1. The summed E-state index contributed by atoms with van der Waals surface area (Å²) in [6, 6.07) is 20.9. The van der Waals surface area contributed by atoms with Gasteiger partial charge in [-0.1, -0.05) is 36.4 Å².